The van der Waals surface area contributed by atoms with Crippen molar-refractivity contribution in [2.24, 2.45) is 0 Å². The maximum atomic E-state index is 14.2. The Morgan fingerprint density at radius 3 is 0.768 bits per heavy atom. The summed E-state index contributed by atoms with van der Waals surface area (Å²) in [6.07, 6.45) is -54.8. The molecule has 3 nitrogen and oxygen atoms in total. The number of halogens is 24. The number of nitriles is 1. The predicted octanol–water partition coefficient (Wildman–Crippen LogP) is 15.6. The van der Waals surface area contributed by atoms with Crippen molar-refractivity contribution in [3.8, 4) is 6.07 Å². The second-order valence-corrected chi connectivity index (χ2v) is 20.4. The molecule has 0 radical (unpaired) electrons. The summed E-state index contributed by atoms with van der Waals surface area (Å²) in [6, 6.07) is 17.8. The van der Waals surface area contributed by atoms with Gasteiger partial charge in [0.05, 0.1) is 56.1 Å². The Bertz CT molecular complexity index is 3070. The molecule has 7 aromatic carbocycles. The number of alkyl halides is 24. The van der Waals surface area contributed by atoms with Gasteiger partial charge in [0, 0.05) is 5.56 Å². The van der Waals surface area contributed by atoms with Gasteiger partial charge in [-0.05, 0) is 72.8 Å². The zero-order valence-corrected chi connectivity index (χ0v) is 40.9. The van der Waals surface area contributed by atoms with Crippen LogP contribution < -0.4 is 21.9 Å². The van der Waals surface area contributed by atoms with E-state index in [1.54, 1.807) is 48.5 Å². The highest BCUT2D eigenvalue weighted by Gasteiger charge is 2.47. The normalized spacial score (nSPS) is 13.3. The average molecular weight is 1210 g/mol. The Balaban J connectivity index is 0.000000357. The van der Waals surface area contributed by atoms with Gasteiger partial charge in [-0.2, -0.15) is 132 Å². The van der Waals surface area contributed by atoms with Crippen LogP contribution in [0.15, 0.2) is 168 Å². The molecule has 0 saturated heterocycles. The maximum absolute atomic E-state index is 14.2. The van der Waals surface area contributed by atoms with Crippen molar-refractivity contribution in [1.82, 2.24) is 0 Å². The van der Waals surface area contributed by atoms with Crippen LogP contribution in [0.25, 0.3) is 0 Å². The third kappa shape index (κ3) is 14.1. The van der Waals surface area contributed by atoms with Crippen molar-refractivity contribution in [2.45, 2.75) is 59.2 Å². The molecular weight excluding hydrogens is 1180 g/mol. The van der Waals surface area contributed by atoms with Crippen LogP contribution >= 0.6 is 0 Å². The minimum atomic E-state index is -6.13. The molecule has 0 unspecified atom stereocenters. The van der Waals surface area contributed by atoms with Crippen LogP contribution in [-0.2, 0) is 63.6 Å². The molecule has 7 aromatic rings. The van der Waals surface area contributed by atoms with E-state index in [2.05, 4.69) is 0 Å². The van der Waals surface area contributed by atoms with E-state index < -0.39 is 205 Å². The highest BCUT2D eigenvalue weighted by molar-refractivity contribution is 8.03. The summed E-state index contributed by atoms with van der Waals surface area (Å²) in [5.41, 5.74) is -29.3. The molecule has 7 rings (SSSR count). The topological polar surface area (TPSA) is 57.9 Å². The van der Waals surface area contributed by atoms with Crippen LogP contribution in [0.1, 0.15) is 60.4 Å². The summed E-state index contributed by atoms with van der Waals surface area (Å²) in [5, 5.41) is 8.87. The number of carbonyl (C=O) groups excluding carboxylic acids is 1. The Kier molecular flexibility index (Phi) is 17.2. The van der Waals surface area contributed by atoms with Crippen molar-refractivity contribution in [2.75, 3.05) is 5.75 Å². The first-order chi connectivity index (χ1) is 37.4. The van der Waals surface area contributed by atoms with Gasteiger partial charge in [-0.3, -0.25) is 4.79 Å². The molecule has 0 amide bonds. The van der Waals surface area contributed by atoms with E-state index in [0.29, 0.717) is 20.9 Å². The Labute approximate surface area is 446 Å². The van der Waals surface area contributed by atoms with Crippen LogP contribution in [0.3, 0.4) is 0 Å². The van der Waals surface area contributed by atoms with Crippen molar-refractivity contribution in [3.63, 3.8) is 0 Å². The van der Waals surface area contributed by atoms with E-state index in [4.69, 9.17) is 5.26 Å². The summed E-state index contributed by atoms with van der Waals surface area (Å²) < 4.78 is 355. The highest BCUT2D eigenvalue weighted by atomic mass is 32.2. The molecule has 0 aliphatic heterocycles. The van der Waals surface area contributed by atoms with Gasteiger partial charge in [-0.1, -0.05) is 89.1 Å². The fourth-order valence-electron chi connectivity index (χ4n) is 8.65. The second-order valence-electron chi connectivity index (χ2n) is 17.8. The average Bonchev–Trinajstić information content (AvgIpc) is 1.82. The lowest BCUT2D eigenvalue weighted by molar-refractivity contribution is -0.144. The van der Waals surface area contributed by atoms with E-state index in [-0.39, 0.29) is 11.5 Å². The van der Waals surface area contributed by atoms with Crippen LogP contribution in [-0.4, -0.2) is 17.7 Å². The first-order valence-corrected chi connectivity index (χ1v) is 24.1. The van der Waals surface area contributed by atoms with E-state index in [1.165, 1.54) is 0 Å². The number of rotatable bonds is 9. The lowest BCUT2D eigenvalue weighted by Crippen LogP contribution is -2.75. The quantitative estimate of drug-likeness (QED) is 0.0626. The summed E-state index contributed by atoms with van der Waals surface area (Å²) in [4.78, 5) is 14.0. The molecule has 434 valence electrons. The van der Waals surface area contributed by atoms with Gasteiger partial charge in [-0.25, -0.2) is 0 Å². The second kappa shape index (κ2) is 22.2. The van der Waals surface area contributed by atoms with Crippen molar-refractivity contribution >= 4 is 43.7 Å². The van der Waals surface area contributed by atoms with Gasteiger partial charge in [0.2, 0.25) is 5.78 Å². The Hall–Kier alpha value is -7.77. The molecule has 0 fully saturated rings. The molecular formula is C53H28BF24NO2S. The third-order valence-corrected chi connectivity index (χ3v) is 15.1. The third-order valence-electron chi connectivity index (χ3n) is 12.4. The number of Topliss-reactive ketones (excluding diaryl/α,β-unsaturated/α-hetero) is 1. The van der Waals surface area contributed by atoms with Gasteiger partial charge in [0.1, 0.15) is 6.15 Å². The molecule has 0 aliphatic rings. The molecule has 0 aliphatic carbocycles. The number of carbonyl (C=O) groups is 1. The van der Waals surface area contributed by atoms with Crippen LogP contribution in [0.5, 0.6) is 0 Å². The van der Waals surface area contributed by atoms with Gasteiger partial charge < -0.3 is 0 Å². The Morgan fingerprint density at radius 2 is 0.573 bits per heavy atom. The lowest BCUT2D eigenvalue weighted by Gasteiger charge is -2.46. The molecule has 82 heavy (non-hydrogen) atoms. The molecule has 0 saturated carbocycles. The van der Waals surface area contributed by atoms with Crippen LogP contribution in [0.2, 0.25) is 0 Å². The molecule has 0 N–H and O–H groups in total. The van der Waals surface area contributed by atoms with Crippen molar-refractivity contribution in [3.05, 3.63) is 213 Å². The van der Waals surface area contributed by atoms with Gasteiger partial charge in [-0.15, -0.1) is 0 Å². The van der Waals surface area contributed by atoms with E-state index in [0.717, 1.165) is 0 Å². The van der Waals surface area contributed by atoms with Crippen LogP contribution in [0.4, 0.5) is 105 Å². The van der Waals surface area contributed by atoms with Crippen molar-refractivity contribution < 1.29 is 114 Å². The predicted molar refractivity (Wildman–Crippen MR) is 248 cm³/mol. The summed E-state index contributed by atoms with van der Waals surface area (Å²) in [6.45, 7) is 0. The fourth-order valence-corrected chi connectivity index (χ4v) is 11.0. The summed E-state index contributed by atoms with van der Waals surface area (Å²) in [5.74, 6) is -0.311. The molecule has 0 bridgehead atoms. The van der Waals surface area contributed by atoms with Gasteiger partial charge >= 0.3 is 49.4 Å². The molecule has 0 spiro atoms. The highest BCUT2D eigenvalue weighted by Crippen LogP contribution is 2.42. The molecule has 0 atom stereocenters. The van der Waals surface area contributed by atoms with E-state index in [1.807, 2.05) is 42.5 Å². The Morgan fingerprint density at radius 1 is 0.354 bits per heavy atom. The minimum Gasteiger partial charge on any atom is -0.289 e. The van der Waals surface area contributed by atoms with E-state index >= 15 is 0 Å². The van der Waals surface area contributed by atoms with Gasteiger partial charge in [0.15, 0.2) is 25.5 Å². The number of nitrogens with zero attached hydrogens (tertiary/aromatic N) is 1. The first kappa shape index (κ1) is 63.4. The van der Waals surface area contributed by atoms with E-state index in [9.17, 15) is 114 Å². The largest absolute Gasteiger partial charge is 0.416 e. The monoisotopic (exact) mass is 1210 g/mol. The number of hydrogen-bond donors (Lipinski definition) is 0. The standard InChI is InChI=1S/C32H12BF24.C21H16NO2S/c34-25(35,36)13-1-14(26(37,38)39)6-21(5-13)33(22-7-15(27(40,41)42)2-16(8-22)28(43,44)45,23-9-17(29(46,47)48)3-18(10-23)30(49,50)51)24-11-19(31(52,53)54)4-20(12-24)32(55,56)57;22-15-17-11-13-18(14-12-17)21(23)16-25(24,19-7-3-1-4-8-19)20-9-5-2-6-10-20/h1-12H;1-14H,16H2/q-1;+1. The van der Waals surface area contributed by atoms with Crippen molar-refractivity contribution in [1.29, 1.82) is 5.26 Å². The SMILES string of the molecule is FC(F)(F)c1cc([B-](c2cc(C(F)(F)F)cc(C(F)(F)F)c2)(c2cc(C(F)(F)F)cc(C(F)(F)F)c2)c2cc(C(F)(F)F)cc(C(F)(F)F)c2)cc(C(F)(F)F)c1.N#Cc1ccc(C(=O)C[S+](=O)(c2ccccc2)c2ccccc2)cc1. The zero-order chi connectivity index (χ0) is 61.6. The minimum absolute atomic E-state index is 0.104. The van der Waals surface area contributed by atoms with Gasteiger partial charge in [0.25, 0.3) is 0 Å². The first-order valence-electron chi connectivity index (χ1n) is 22.4. The summed E-state index contributed by atoms with van der Waals surface area (Å²) in [7, 11) is -2.72. The molecule has 29 heteroatoms. The molecule has 0 heterocycles. The number of benzene rings is 7. The molecule has 0 aromatic heterocycles. The summed E-state index contributed by atoms with van der Waals surface area (Å²) >= 11 is 0. The lowest BCUT2D eigenvalue weighted by atomic mass is 9.12. The maximum Gasteiger partial charge on any atom is 0.416 e. The smallest absolute Gasteiger partial charge is 0.289 e. The fraction of sp³-hybridized carbons (Fsp3) is 0.170. The number of ketones is 1. The number of hydrogen-bond acceptors (Lipinski definition) is 3. The van der Waals surface area contributed by atoms with Crippen LogP contribution in [0, 0.1) is 11.3 Å². The zero-order valence-electron chi connectivity index (χ0n) is 40.0.